The molecule has 1 heterocycles. The topological polar surface area (TPSA) is 56.3 Å². The predicted molar refractivity (Wildman–Crippen MR) is 77.3 cm³/mol. The number of ketones is 1. The average Bonchev–Trinajstić information content (AvgIpc) is 2.46. The van der Waals surface area contributed by atoms with Gasteiger partial charge in [-0.3, -0.25) is 9.78 Å². The second-order valence-electron chi connectivity index (χ2n) is 4.35. The summed E-state index contributed by atoms with van der Waals surface area (Å²) in [7, 11) is 1.31. The minimum Gasteiger partial charge on any atom is -0.465 e. The van der Waals surface area contributed by atoms with Crippen LogP contribution in [-0.4, -0.2) is 23.8 Å². The minimum absolute atomic E-state index is 0.0460. The molecule has 1 aromatic carbocycles. The summed E-state index contributed by atoms with van der Waals surface area (Å²) in [6, 6.07) is 5.04. The van der Waals surface area contributed by atoms with E-state index in [-0.39, 0.29) is 5.78 Å². The molecule has 4 nitrogen and oxygen atoms in total. The zero-order chi connectivity index (χ0) is 14.7. The number of pyridine rings is 1. The molecule has 0 radical (unpaired) electrons. The van der Waals surface area contributed by atoms with Crippen molar-refractivity contribution in [2.24, 2.45) is 0 Å². The van der Waals surface area contributed by atoms with E-state index in [1.54, 1.807) is 18.2 Å². The van der Waals surface area contributed by atoms with Gasteiger partial charge in [0.1, 0.15) is 0 Å². The van der Waals surface area contributed by atoms with Crippen molar-refractivity contribution in [2.75, 3.05) is 7.11 Å². The second kappa shape index (κ2) is 6.01. The Bertz CT molecular complexity index is 682. The van der Waals surface area contributed by atoms with Crippen LogP contribution in [0.4, 0.5) is 0 Å². The Labute approximate surface area is 121 Å². The van der Waals surface area contributed by atoms with Crippen molar-refractivity contribution in [3.8, 4) is 0 Å². The Morgan fingerprint density at radius 1 is 1.30 bits per heavy atom. The first-order valence-corrected chi connectivity index (χ1v) is 6.66. The number of para-hydroxylation sites is 1. The zero-order valence-corrected chi connectivity index (χ0v) is 12.0. The summed E-state index contributed by atoms with van der Waals surface area (Å²) in [6.07, 6.45) is 2.59. The van der Waals surface area contributed by atoms with Gasteiger partial charge in [-0.1, -0.05) is 30.7 Å². The summed E-state index contributed by atoms with van der Waals surface area (Å²) in [5.41, 5.74) is 1.17. The molecule has 0 aliphatic rings. The minimum atomic E-state index is -0.480. The van der Waals surface area contributed by atoms with Gasteiger partial charge < -0.3 is 4.74 Å². The Balaban J connectivity index is 2.63. The molecule has 0 saturated heterocycles. The molecule has 0 aliphatic carbocycles. The Hall–Kier alpha value is -1.94. The molecular formula is C15H14ClNO3. The lowest BCUT2D eigenvalue weighted by molar-refractivity contribution is 0.0602. The number of benzene rings is 1. The number of hydrogen-bond donors (Lipinski definition) is 0. The molecule has 0 spiro atoms. The van der Waals surface area contributed by atoms with E-state index in [0.29, 0.717) is 33.5 Å². The number of carbonyl (C=O) groups is 2. The maximum Gasteiger partial charge on any atom is 0.340 e. The highest BCUT2D eigenvalue weighted by molar-refractivity contribution is 6.38. The van der Waals surface area contributed by atoms with Crippen LogP contribution in [0, 0.1) is 0 Å². The summed E-state index contributed by atoms with van der Waals surface area (Å²) in [5.74, 6) is -0.526. The highest BCUT2D eigenvalue weighted by Crippen LogP contribution is 2.28. The highest BCUT2D eigenvalue weighted by Gasteiger charge is 2.17. The fourth-order valence-electron chi connectivity index (χ4n) is 2.02. The summed E-state index contributed by atoms with van der Waals surface area (Å²) >= 11 is 6.28. The normalized spacial score (nSPS) is 10.6. The molecule has 1 aromatic heterocycles. The van der Waals surface area contributed by atoms with E-state index in [0.717, 1.165) is 6.42 Å². The van der Waals surface area contributed by atoms with E-state index in [1.165, 1.54) is 13.3 Å². The molecule has 0 unspecified atom stereocenters. The summed E-state index contributed by atoms with van der Waals surface area (Å²) in [5, 5.41) is 0.913. The molecule has 0 atom stereocenters. The molecule has 2 rings (SSSR count). The van der Waals surface area contributed by atoms with Crippen LogP contribution < -0.4 is 0 Å². The zero-order valence-electron chi connectivity index (χ0n) is 11.3. The number of ether oxygens (including phenoxy) is 1. The molecule has 20 heavy (non-hydrogen) atoms. The predicted octanol–water partition coefficient (Wildman–Crippen LogP) is 3.66. The third-order valence-corrected chi connectivity index (χ3v) is 3.42. The number of halogens is 1. The summed E-state index contributed by atoms with van der Waals surface area (Å²) in [6.45, 7) is 1.93. The standard InChI is InChI=1S/C15H14ClNO3/c1-3-5-12(18)11-8-17-14-9(13(11)16)6-4-7-10(14)15(19)20-2/h4,6-8H,3,5H2,1-2H3. The van der Waals surface area contributed by atoms with E-state index < -0.39 is 5.97 Å². The van der Waals surface area contributed by atoms with Gasteiger partial charge in [-0.15, -0.1) is 0 Å². The van der Waals surface area contributed by atoms with Gasteiger partial charge in [-0.05, 0) is 12.5 Å². The van der Waals surface area contributed by atoms with Crippen LogP contribution >= 0.6 is 11.6 Å². The lowest BCUT2D eigenvalue weighted by Gasteiger charge is -2.08. The number of carbonyl (C=O) groups excluding carboxylic acids is 2. The molecule has 0 saturated carbocycles. The first-order chi connectivity index (χ1) is 9.60. The third kappa shape index (κ3) is 2.51. The molecule has 0 fully saturated rings. The molecule has 0 aliphatic heterocycles. The molecule has 2 aromatic rings. The Kier molecular flexibility index (Phi) is 4.35. The molecule has 0 N–H and O–H groups in total. The van der Waals surface area contributed by atoms with Crippen LogP contribution in [0.2, 0.25) is 5.02 Å². The average molecular weight is 292 g/mol. The highest BCUT2D eigenvalue weighted by atomic mass is 35.5. The van der Waals surface area contributed by atoms with Gasteiger partial charge in [0, 0.05) is 18.0 Å². The summed E-state index contributed by atoms with van der Waals surface area (Å²) in [4.78, 5) is 27.9. The number of fused-ring (bicyclic) bond motifs is 1. The van der Waals surface area contributed by atoms with E-state index in [4.69, 9.17) is 16.3 Å². The molecular weight excluding hydrogens is 278 g/mol. The van der Waals surface area contributed by atoms with Crippen LogP contribution in [0.1, 0.15) is 40.5 Å². The number of rotatable bonds is 4. The van der Waals surface area contributed by atoms with E-state index in [2.05, 4.69) is 4.98 Å². The largest absolute Gasteiger partial charge is 0.465 e. The Morgan fingerprint density at radius 3 is 2.70 bits per heavy atom. The number of Topliss-reactive ketones (excluding diaryl/α,β-unsaturated/α-hetero) is 1. The molecule has 104 valence electrons. The van der Waals surface area contributed by atoms with Gasteiger partial charge in [0.2, 0.25) is 0 Å². The van der Waals surface area contributed by atoms with Gasteiger partial charge >= 0.3 is 5.97 Å². The van der Waals surface area contributed by atoms with Crippen molar-refractivity contribution in [2.45, 2.75) is 19.8 Å². The van der Waals surface area contributed by atoms with Gasteiger partial charge in [-0.2, -0.15) is 0 Å². The Morgan fingerprint density at radius 2 is 2.05 bits per heavy atom. The van der Waals surface area contributed by atoms with E-state index in [9.17, 15) is 9.59 Å². The van der Waals surface area contributed by atoms with Gasteiger partial charge in [-0.25, -0.2) is 4.79 Å². The first kappa shape index (κ1) is 14.5. The van der Waals surface area contributed by atoms with Gasteiger partial charge in [0.25, 0.3) is 0 Å². The lowest BCUT2D eigenvalue weighted by atomic mass is 10.0. The van der Waals surface area contributed by atoms with E-state index in [1.807, 2.05) is 6.92 Å². The van der Waals surface area contributed by atoms with Crippen LogP contribution in [0.3, 0.4) is 0 Å². The molecule has 0 bridgehead atoms. The van der Waals surface area contributed by atoms with Crippen LogP contribution in [0.25, 0.3) is 10.9 Å². The maximum atomic E-state index is 12.0. The first-order valence-electron chi connectivity index (χ1n) is 6.28. The van der Waals surface area contributed by atoms with Crippen molar-refractivity contribution in [3.63, 3.8) is 0 Å². The summed E-state index contributed by atoms with van der Waals surface area (Å²) < 4.78 is 4.71. The maximum absolute atomic E-state index is 12.0. The fraction of sp³-hybridized carbons (Fsp3) is 0.267. The van der Waals surface area contributed by atoms with E-state index >= 15 is 0 Å². The van der Waals surface area contributed by atoms with Crippen molar-refractivity contribution < 1.29 is 14.3 Å². The van der Waals surface area contributed by atoms with Crippen LogP contribution in [-0.2, 0) is 4.74 Å². The van der Waals surface area contributed by atoms with Gasteiger partial charge in [0.05, 0.1) is 28.8 Å². The van der Waals surface area contributed by atoms with Crippen molar-refractivity contribution >= 4 is 34.3 Å². The lowest BCUT2D eigenvalue weighted by Crippen LogP contribution is -2.05. The fourth-order valence-corrected chi connectivity index (χ4v) is 2.33. The number of methoxy groups -OCH3 is 1. The SMILES string of the molecule is CCCC(=O)c1cnc2c(C(=O)OC)cccc2c1Cl. The number of esters is 1. The quantitative estimate of drug-likeness (QED) is 0.637. The van der Waals surface area contributed by atoms with Crippen molar-refractivity contribution in [1.82, 2.24) is 4.98 Å². The van der Waals surface area contributed by atoms with Crippen molar-refractivity contribution in [3.05, 3.63) is 40.5 Å². The number of nitrogens with zero attached hydrogens (tertiary/aromatic N) is 1. The number of hydrogen-bond acceptors (Lipinski definition) is 4. The number of aromatic nitrogens is 1. The van der Waals surface area contributed by atoms with Crippen LogP contribution in [0.15, 0.2) is 24.4 Å². The van der Waals surface area contributed by atoms with Gasteiger partial charge in [0.15, 0.2) is 5.78 Å². The van der Waals surface area contributed by atoms with Crippen LogP contribution in [0.5, 0.6) is 0 Å². The molecule has 0 amide bonds. The molecule has 5 heteroatoms. The second-order valence-corrected chi connectivity index (χ2v) is 4.73. The smallest absolute Gasteiger partial charge is 0.340 e. The monoisotopic (exact) mass is 291 g/mol. The third-order valence-electron chi connectivity index (χ3n) is 3.01. The van der Waals surface area contributed by atoms with Crippen molar-refractivity contribution in [1.29, 1.82) is 0 Å².